The molecule has 92 valence electrons. The third kappa shape index (κ3) is 4.63. The zero-order valence-corrected chi connectivity index (χ0v) is 10.0. The first-order valence-electron chi connectivity index (χ1n) is 5.58. The van der Waals surface area contributed by atoms with Gasteiger partial charge in [0.1, 0.15) is 0 Å². The molecule has 0 spiro atoms. The first-order valence-corrected chi connectivity index (χ1v) is 5.58. The molecule has 0 fully saturated rings. The molecule has 0 aromatic heterocycles. The van der Waals surface area contributed by atoms with E-state index in [1.54, 1.807) is 0 Å². The van der Waals surface area contributed by atoms with E-state index in [2.05, 4.69) is 12.1 Å². The Labute approximate surface area is 100 Å². The second-order valence-corrected chi connectivity index (χ2v) is 3.77. The van der Waals surface area contributed by atoms with Gasteiger partial charge in [-0.3, -0.25) is 10.1 Å². The van der Waals surface area contributed by atoms with Gasteiger partial charge in [-0.25, -0.2) is 0 Å². The van der Waals surface area contributed by atoms with Gasteiger partial charge in [0.05, 0.1) is 10.6 Å². The summed E-state index contributed by atoms with van der Waals surface area (Å²) in [5.74, 6) is 0.506. The number of nitro benzene ring substituents is 1. The average Bonchev–Trinajstić information content (AvgIpc) is 2.34. The van der Waals surface area contributed by atoms with E-state index in [9.17, 15) is 10.1 Å². The lowest BCUT2D eigenvalue weighted by Gasteiger charge is -2.00. The average molecular weight is 236 g/mol. The predicted octanol–water partition coefficient (Wildman–Crippen LogP) is 3.54. The molecule has 0 unspecified atom stereocenters. The Morgan fingerprint density at radius 1 is 1.41 bits per heavy atom. The monoisotopic (exact) mass is 236 g/mol. The number of hydrogen-bond acceptors (Lipinski definition) is 4. The van der Waals surface area contributed by atoms with Crippen molar-refractivity contribution in [3.05, 3.63) is 34.4 Å². The van der Waals surface area contributed by atoms with E-state index in [0.29, 0.717) is 5.75 Å². The second kappa shape index (κ2) is 6.62. The molecule has 0 atom stereocenters. The summed E-state index contributed by atoms with van der Waals surface area (Å²) in [7, 11) is 0. The van der Waals surface area contributed by atoms with Crippen LogP contribution in [-0.2, 0) is 0 Å². The molecule has 0 radical (unpaired) electrons. The van der Waals surface area contributed by atoms with Crippen LogP contribution in [0.5, 0.6) is 5.75 Å². The summed E-state index contributed by atoms with van der Waals surface area (Å²) in [4.78, 5) is 15.2. The third-order valence-electron chi connectivity index (χ3n) is 2.25. The predicted molar refractivity (Wildman–Crippen MR) is 66.4 cm³/mol. The molecular formula is C12H16N2O3. The Bertz CT molecular complexity index is 399. The minimum absolute atomic E-state index is 0.0454. The molecule has 1 aromatic rings. The highest BCUT2D eigenvalue weighted by molar-refractivity contribution is 5.81. The summed E-state index contributed by atoms with van der Waals surface area (Å²) in [6.45, 7) is 4.02. The maximum atomic E-state index is 10.4. The molecule has 0 saturated carbocycles. The van der Waals surface area contributed by atoms with Crippen LogP contribution in [0.25, 0.3) is 0 Å². The molecular weight excluding hydrogens is 220 g/mol. The molecule has 0 amide bonds. The molecule has 1 rings (SSSR count). The van der Waals surface area contributed by atoms with E-state index in [1.807, 2.05) is 6.92 Å². The fraction of sp³-hybridized carbons (Fsp3) is 0.417. The Morgan fingerprint density at radius 3 is 2.59 bits per heavy atom. The molecule has 0 aliphatic rings. The molecule has 0 heterocycles. The highest BCUT2D eigenvalue weighted by Gasteiger charge is 2.04. The standard InChI is InChI=1S/C12H16N2O3/c1-3-4-5-10(2)13-17-12-8-6-11(7-9-12)14(15)16/h6-9H,3-5H2,1-2H3/b13-10+. The zero-order chi connectivity index (χ0) is 12.7. The number of nitrogens with zero attached hydrogens (tertiary/aromatic N) is 2. The number of hydrogen-bond donors (Lipinski definition) is 0. The van der Waals surface area contributed by atoms with Crippen LogP contribution in [0.15, 0.2) is 29.4 Å². The van der Waals surface area contributed by atoms with Crippen LogP contribution in [0, 0.1) is 10.1 Å². The van der Waals surface area contributed by atoms with Gasteiger partial charge in [-0.15, -0.1) is 0 Å². The van der Waals surface area contributed by atoms with Crippen molar-refractivity contribution in [1.29, 1.82) is 0 Å². The van der Waals surface area contributed by atoms with E-state index < -0.39 is 4.92 Å². The highest BCUT2D eigenvalue weighted by Crippen LogP contribution is 2.17. The summed E-state index contributed by atoms with van der Waals surface area (Å²) in [5.41, 5.74) is 0.967. The van der Waals surface area contributed by atoms with Crippen molar-refractivity contribution >= 4 is 11.4 Å². The van der Waals surface area contributed by atoms with Crippen LogP contribution < -0.4 is 4.84 Å². The van der Waals surface area contributed by atoms with Crippen molar-refractivity contribution in [3.63, 3.8) is 0 Å². The van der Waals surface area contributed by atoms with E-state index in [4.69, 9.17) is 4.84 Å². The number of rotatable bonds is 6. The van der Waals surface area contributed by atoms with Crippen LogP contribution in [0.3, 0.4) is 0 Å². The topological polar surface area (TPSA) is 64.7 Å². The molecule has 0 aliphatic carbocycles. The van der Waals surface area contributed by atoms with Crippen LogP contribution in [0.1, 0.15) is 33.1 Å². The number of unbranched alkanes of at least 4 members (excludes halogenated alkanes) is 1. The minimum Gasteiger partial charge on any atom is -0.357 e. The third-order valence-corrected chi connectivity index (χ3v) is 2.25. The van der Waals surface area contributed by atoms with Gasteiger partial charge >= 0.3 is 0 Å². The minimum atomic E-state index is -0.445. The van der Waals surface area contributed by atoms with E-state index in [1.165, 1.54) is 24.3 Å². The quantitative estimate of drug-likeness (QED) is 0.431. The van der Waals surface area contributed by atoms with E-state index in [0.717, 1.165) is 25.0 Å². The number of non-ortho nitro benzene ring substituents is 1. The lowest BCUT2D eigenvalue weighted by molar-refractivity contribution is -0.384. The van der Waals surface area contributed by atoms with Crippen molar-refractivity contribution in [2.75, 3.05) is 0 Å². The molecule has 5 heteroatoms. The number of nitro groups is 1. The van der Waals surface area contributed by atoms with E-state index >= 15 is 0 Å². The fourth-order valence-electron chi connectivity index (χ4n) is 1.24. The van der Waals surface area contributed by atoms with E-state index in [-0.39, 0.29) is 5.69 Å². The van der Waals surface area contributed by atoms with Gasteiger partial charge in [-0.1, -0.05) is 18.5 Å². The van der Waals surface area contributed by atoms with Crippen LogP contribution in [0.4, 0.5) is 5.69 Å². The van der Waals surface area contributed by atoms with Gasteiger partial charge < -0.3 is 4.84 Å². The Morgan fingerprint density at radius 2 is 2.06 bits per heavy atom. The normalized spacial score (nSPS) is 11.3. The highest BCUT2D eigenvalue weighted by atomic mass is 16.6. The van der Waals surface area contributed by atoms with Gasteiger partial charge in [0.15, 0.2) is 5.75 Å². The zero-order valence-electron chi connectivity index (χ0n) is 10.0. The van der Waals surface area contributed by atoms with Crippen LogP contribution >= 0.6 is 0 Å². The van der Waals surface area contributed by atoms with Gasteiger partial charge in [-0.05, 0) is 31.9 Å². The largest absolute Gasteiger partial charge is 0.357 e. The van der Waals surface area contributed by atoms with Crippen molar-refractivity contribution in [1.82, 2.24) is 0 Å². The maximum Gasteiger partial charge on any atom is 0.269 e. The lowest BCUT2D eigenvalue weighted by Crippen LogP contribution is -1.95. The summed E-state index contributed by atoms with van der Waals surface area (Å²) in [5, 5.41) is 14.4. The van der Waals surface area contributed by atoms with Gasteiger partial charge in [0.25, 0.3) is 5.69 Å². The first-order chi connectivity index (χ1) is 8.13. The summed E-state index contributed by atoms with van der Waals surface area (Å²) < 4.78 is 0. The van der Waals surface area contributed by atoms with Gasteiger partial charge in [-0.2, -0.15) is 0 Å². The molecule has 0 saturated heterocycles. The van der Waals surface area contributed by atoms with Crippen molar-refractivity contribution in [3.8, 4) is 5.75 Å². The van der Waals surface area contributed by atoms with Gasteiger partial charge in [0.2, 0.25) is 0 Å². The molecule has 1 aromatic carbocycles. The summed E-state index contributed by atoms with van der Waals surface area (Å²) >= 11 is 0. The molecule has 0 aliphatic heterocycles. The fourth-order valence-corrected chi connectivity index (χ4v) is 1.24. The Kier molecular flexibility index (Phi) is 5.13. The van der Waals surface area contributed by atoms with Crippen molar-refractivity contribution < 1.29 is 9.76 Å². The molecule has 0 N–H and O–H groups in total. The first kappa shape index (κ1) is 13.2. The molecule has 17 heavy (non-hydrogen) atoms. The summed E-state index contributed by atoms with van der Waals surface area (Å²) in [6, 6.07) is 5.86. The Hall–Kier alpha value is -1.91. The lowest BCUT2D eigenvalue weighted by atomic mass is 10.2. The SMILES string of the molecule is CCCC/C(C)=N/Oc1ccc([N+](=O)[O-])cc1. The van der Waals surface area contributed by atoms with Crippen LogP contribution in [-0.4, -0.2) is 10.6 Å². The summed E-state index contributed by atoms with van der Waals surface area (Å²) in [6.07, 6.45) is 3.10. The molecule has 0 bridgehead atoms. The Balaban J connectivity index is 2.54. The van der Waals surface area contributed by atoms with Gasteiger partial charge in [0, 0.05) is 12.1 Å². The number of oxime groups is 1. The van der Waals surface area contributed by atoms with Crippen LogP contribution in [0.2, 0.25) is 0 Å². The maximum absolute atomic E-state index is 10.4. The second-order valence-electron chi connectivity index (χ2n) is 3.77. The van der Waals surface area contributed by atoms with Crippen molar-refractivity contribution in [2.24, 2.45) is 5.16 Å². The molecule has 5 nitrogen and oxygen atoms in total. The number of benzene rings is 1. The smallest absolute Gasteiger partial charge is 0.269 e. The van der Waals surface area contributed by atoms with Crippen molar-refractivity contribution in [2.45, 2.75) is 33.1 Å².